The molecule has 2 aromatic rings. The Morgan fingerprint density at radius 1 is 1.09 bits per heavy atom. The fourth-order valence-electron chi connectivity index (χ4n) is 4.06. The maximum atomic E-state index is 14.6. The Morgan fingerprint density at radius 3 is 2.41 bits per heavy atom. The number of piperazine rings is 1. The molecule has 1 atom stereocenters. The van der Waals surface area contributed by atoms with Crippen LogP contribution in [-0.4, -0.2) is 60.6 Å². The minimum absolute atomic E-state index is 0.0458. The molecule has 1 unspecified atom stereocenters. The number of halogens is 4. The molecule has 2 saturated heterocycles. The molecule has 0 spiro atoms. The minimum atomic E-state index is -4.61. The first-order valence-electron chi connectivity index (χ1n) is 9.96. The summed E-state index contributed by atoms with van der Waals surface area (Å²) in [5.41, 5.74) is 0.245. The number of carbonyl (C=O) groups excluding carboxylic acids is 1. The highest BCUT2D eigenvalue weighted by atomic mass is 32.2. The van der Waals surface area contributed by atoms with Crippen molar-refractivity contribution in [2.75, 3.05) is 36.0 Å². The number of rotatable bonds is 3. The molecule has 174 valence electrons. The zero-order valence-corrected chi connectivity index (χ0v) is 18.4. The summed E-state index contributed by atoms with van der Waals surface area (Å²) in [5.74, 6) is -1.42. The lowest BCUT2D eigenvalue weighted by atomic mass is 9.96. The Labute approximate surface area is 186 Å². The lowest BCUT2D eigenvalue weighted by Gasteiger charge is -2.43. The average Bonchev–Trinajstić information content (AvgIpc) is 3.24. The van der Waals surface area contributed by atoms with E-state index in [9.17, 15) is 30.8 Å². The monoisotopic (exact) mass is 492 g/mol. The molecule has 32 heavy (non-hydrogen) atoms. The van der Waals surface area contributed by atoms with Crippen molar-refractivity contribution in [1.82, 2.24) is 15.1 Å². The van der Waals surface area contributed by atoms with E-state index in [-0.39, 0.29) is 60.6 Å². The van der Waals surface area contributed by atoms with Crippen molar-refractivity contribution in [3.8, 4) is 0 Å². The van der Waals surface area contributed by atoms with E-state index in [1.54, 1.807) is 11.0 Å². The van der Waals surface area contributed by atoms with Gasteiger partial charge in [-0.2, -0.15) is 13.2 Å². The van der Waals surface area contributed by atoms with Gasteiger partial charge in [0.15, 0.2) is 0 Å². The standard InChI is InChI=1S/C19H20F4N4O3S2/c20-14-4-2-1-3-13(14)15-11-26(18-25-24-17(31-18)19(21,22)23)7-8-27(15)16(28)12-5-9-32(29,30)10-6-12/h1-4,12,15H,5-11H2. The van der Waals surface area contributed by atoms with Crippen molar-refractivity contribution < 1.29 is 30.8 Å². The maximum Gasteiger partial charge on any atom is 0.445 e. The second-order valence-electron chi connectivity index (χ2n) is 7.83. The van der Waals surface area contributed by atoms with Gasteiger partial charge < -0.3 is 9.80 Å². The zero-order valence-electron chi connectivity index (χ0n) is 16.8. The molecular weight excluding hydrogens is 472 g/mol. The van der Waals surface area contributed by atoms with Crippen LogP contribution in [0.25, 0.3) is 0 Å². The van der Waals surface area contributed by atoms with Crippen LogP contribution in [0.2, 0.25) is 0 Å². The van der Waals surface area contributed by atoms with Crippen molar-refractivity contribution >= 4 is 32.2 Å². The number of amides is 1. The van der Waals surface area contributed by atoms with Crippen molar-refractivity contribution in [3.63, 3.8) is 0 Å². The van der Waals surface area contributed by atoms with Crippen LogP contribution in [0.3, 0.4) is 0 Å². The van der Waals surface area contributed by atoms with E-state index in [0.717, 1.165) is 0 Å². The molecule has 4 rings (SSSR count). The highest BCUT2D eigenvalue weighted by Crippen LogP contribution is 2.37. The Bertz CT molecular complexity index is 1090. The Morgan fingerprint density at radius 2 is 1.78 bits per heavy atom. The lowest BCUT2D eigenvalue weighted by molar-refractivity contribution is -0.139. The molecule has 0 N–H and O–H groups in total. The molecule has 0 radical (unpaired) electrons. The van der Waals surface area contributed by atoms with E-state index in [2.05, 4.69) is 10.2 Å². The number of nitrogens with zero attached hydrogens (tertiary/aromatic N) is 4. The smallest absolute Gasteiger partial charge is 0.342 e. The van der Waals surface area contributed by atoms with Crippen LogP contribution < -0.4 is 4.90 Å². The van der Waals surface area contributed by atoms with E-state index >= 15 is 0 Å². The number of alkyl halides is 3. The van der Waals surface area contributed by atoms with Gasteiger partial charge >= 0.3 is 6.18 Å². The third-order valence-corrected chi connectivity index (χ3v) is 8.50. The van der Waals surface area contributed by atoms with E-state index in [4.69, 9.17) is 0 Å². The molecule has 1 aromatic carbocycles. The minimum Gasteiger partial charge on any atom is -0.342 e. The van der Waals surface area contributed by atoms with Crippen LogP contribution in [0, 0.1) is 11.7 Å². The number of sulfone groups is 1. The summed E-state index contributed by atoms with van der Waals surface area (Å²) in [6.45, 7) is 0.389. The van der Waals surface area contributed by atoms with Crippen LogP contribution in [0.5, 0.6) is 0 Å². The second kappa shape index (κ2) is 8.58. The topological polar surface area (TPSA) is 83.5 Å². The summed E-state index contributed by atoms with van der Waals surface area (Å²) < 4.78 is 76.9. The summed E-state index contributed by atoms with van der Waals surface area (Å²) in [5, 5.41) is 5.83. The molecule has 2 aliphatic rings. The van der Waals surface area contributed by atoms with Crippen LogP contribution >= 0.6 is 11.3 Å². The van der Waals surface area contributed by atoms with E-state index in [0.29, 0.717) is 11.3 Å². The fraction of sp³-hybridized carbons (Fsp3) is 0.526. The number of hydrogen-bond acceptors (Lipinski definition) is 7. The zero-order chi connectivity index (χ0) is 23.1. The van der Waals surface area contributed by atoms with Gasteiger partial charge in [-0.05, 0) is 18.9 Å². The summed E-state index contributed by atoms with van der Waals surface area (Å²) in [6, 6.07) is 5.18. The molecule has 0 saturated carbocycles. The molecule has 3 heterocycles. The van der Waals surface area contributed by atoms with Crippen molar-refractivity contribution in [1.29, 1.82) is 0 Å². The summed E-state index contributed by atoms with van der Waals surface area (Å²) in [4.78, 5) is 16.3. The average molecular weight is 493 g/mol. The van der Waals surface area contributed by atoms with Crippen molar-refractivity contribution in [3.05, 3.63) is 40.7 Å². The summed E-state index contributed by atoms with van der Waals surface area (Å²) in [7, 11) is -3.15. The predicted octanol–water partition coefficient (Wildman–Crippen LogP) is 2.91. The number of aromatic nitrogens is 2. The number of carbonyl (C=O) groups is 1. The van der Waals surface area contributed by atoms with Crippen molar-refractivity contribution in [2.24, 2.45) is 5.92 Å². The quantitative estimate of drug-likeness (QED) is 0.613. The first-order valence-corrected chi connectivity index (χ1v) is 12.6. The number of hydrogen-bond donors (Lipinski definition) is 0. The predicted molar refractivity (Wildman–Crippen MR) is 109 cm³/mol. The van der Waals surface area contributed by atoms with Gasteiger partial charge in [0.1, 0.15) is 15.7 Å². The Balaban J connectivity index is 1.60. The first-order chi connectivity index (χ1) is 15.0. The van der Waals surface area contributed by atoms with Gasteiger partial charge in [-0.25, -0.2) is 12.8 Å². The van der Waals surface area contributed by atoms with E-state index in [1.807, 2.05) is 0 Å². The fourth-order valence-corrected chi connectivity index (χ4v) is 6.30. The van der Waals surface area contributed by atoms with Crippen LogP contribution in [0.15, 0.2) is 24.3 Å². The molecule has 0 bridgehead atoms. The van der Waals surface area contributed by atoms with E-state index in [1.165, 1.54) is 23.1 Å². The number of benzene rings is 1. The van der Waals surface area contributed by atoms with E-state index < -0.39 is 38.8 Å². The van der Waals surface area contributed by atoms with Gasteiger partial charge in [0, 0.05) is 31.1 Å². The molecule has 1 aromatic heterocycles. The highest BCUT2D eigenvalue weighted by Gasteiger charge is 2.40. The highest BCUT2D eigenvalue weighted by molar-refractivity contribution is 7.91. The van der Waals surface area contributed by atoms with Gasteiger partial charge in [0.25, 0.3) is 0 Å². The molecule has 13 heteroatoms. The normalized spacial score (nSPS) is 22.2. The third-order valence-electron chi connectivity index (χ3n) is 5.76. The van der Waals surface area contributed by atoms with Gasteiger partial charge in [0.2, 0.25) is 16.0 Å². The maximum absolute atomic E-state index is 14.6. The van der Waals surface area contributed by atoms with Gasteiger partial charge in [0.05, 0.1) is 17.5 Å². The molecule has 1 amide bonds. The largest absolute Gasteiger partial charge is 0.445 e. The third kappa shape index (κ3) is 4.72. The number of anilines is 1. The SMILES string of the molecule is O=C(C1CCS(=O)(=O)CC1)N1CCN(c2nnc(C(F)(F)F)s2)CC1c1ccccc1F. The molecular formula is C19H20F4N4O3S2. The van der Waals surface area contributed by atoms with Crippen LogP contribution in [0.4, 0.5) is 22.7 Å². The van der Waals surface area contributed by atoms with Gasteiger partial charge in [-0.3, -0.25) is 4.79 Å². The van der Waals surface area contributed by atoms with Gasteiger partial charge in [-0.1, -0.05) is 29.5 Å². The van der Waals surface area contributed by atoms with Crippen LogP contribution in [0.1, 0.15) is 29.5 Å². The van der Waals surface area contributed by atoms with Crippen molar-refractivity contribution in [2.45, 2.75) is 25.1 Å². The summed E-state index contributed by atoms with van der Waals surface area (Å²) >= 11 is 0.400. The van der Waals surface area contributed by atoms with Crippen LogP contribution in [-0.2, 0) is 20.8 Å². The molecule has 7 nitrogen and oxygen atoms in total. The lowest BCUT2D eigenvalue weighted by Crippen LogP contribution is -2.53. The molecule has 2 aliphatic heterocycles. The Kier molecular flexibility index (Phi) is 6.14. The molecule has 0 aliphatic carbocycles. The summed E-state index contributed by atoms with van der Waals surface area (Å²) in [6.07, 6.45) is -4.20. The first kappa shape index (κ1) is 22.9. The van der Waals surface area contributed by atoms with Gasteiger partial charge in [-0.15, -0.1) is 10.2 Å². The Hall–Kier alpha value is -2.28. The second-order valence-corrected chi connectivity index (χ2v) is 11.1. The molecule has 2 fully saturated rings.